The van der Waals surface area contributed by atoms with E-state index in [9.17, 15) is 14.4 Å². The van der Waals surface area contributed by atoms with Crippen LogP contribution in [0.3, 0.4) is 0 Å². The van der Waals surface area contributed by atoms with Crippen LogP contribution < -0.4 is 0 Å². The van der Waals surface area contributed by atoms with E-state index in [0.29, 0.717) is 14.9 Å². The van der Waals surface area contributed by atoms with Gasteiger partial charge in [-0.1, -0.05) is 62.7 Å². The van der Waals surface area contributed by atoms with E-state index in [-0.39, 0.29) is 22.6 Å². The van der Waals surface area contributed by atoms with Gasteiger partial charge in [0.05, 0.1) is 23.1 Å². The fraction of sp³-hybridized carbons (Fsp3) is 0.654. The van der Waals surface area contributed by atoms with Crippen molar-refractivity contribution >= 4 is 60.3 Å². The van der Waals surface area contributed by atoms with Crippen LogP contribution in [0.5, 0.6) is 0 Å². The first-order valence-electron chi connectivity index (χ1n) is 12.1. The molecule has 1 aliphatic heterocycles. The summed E-state index contributed by atoms with van der Waals surface area (Å²) in [6.07, 6.45) is -0.405. The third-order valence-corrected chi connectivity index (χ3v) is 13.2. The van der Waals surface area contributed by atoms with Crippen LogP contribution in [-0.2, 0) is 23.5 Å². The minimum absolute atomic E-state index is 0.0393. The molecule has 1 fully saturated rings. The number of thioether (sulfide) groups is 1. The lowest BCUT2D eigenvalue weighted by molar-refractivity contribution is -0.178. The molecule has 10 heteroatoms. The fourth-order valence-corrected chi connectivity index (χ4v) is 6.75. The summed E-state index contributed by atoms with van der Waals surface area (Å²) < 4.78 is 12.0. The van der Waals surface area contributed by atoms with Crippen molar-refractivity contribution in [3.63, 3.8) is 0 Å². The molecule has 1 aromatic rings. The highest BCUT2D eigenvalue weighted by Crippen LogP contribution is 2.43. The number of amides is 1. The second-order valence-electron chi connectivity index (χ2n) is 11.9. The van der Waals surface area contributed by atoms with E-state index in [2.05, 4.69) is 33.9 Å². The number of rotatable bonds is 8. The zero-order valence-corrected chi connectivity index (χ0v) is 26.2. The predicted molar refractivity (Wildman–Crippen MR) is 149 cm³/mol. The van der Waals surface area contributed by atoms with E-state index in [1.54, 1.807) is 45.9 Å². The molecule has 0 spiro atoms. The van der Waals surface area contributed by atoms with E-state index >= 15 is 0 Å². The molecule has 0 bridgehead atoms. The highest BCUT2D eigenvalue weighted by Gasteiger charge is 2.56. The molecule has 36 heavy (non-hydrogen) atoms. The van der Waals surface area contributed by atoms with Crippen molar-refractivity contribution in [1.82, 2.24) is 4.90 Å². The topological polar surface area (TPSA) is 72.9 Å². The van der Waals surface area contributed by atoms with E-state index in [1.165, 1.54) is 4.90 Å². The summed E-state index contributed by atoms with van der Waals surface area (Å²) in [5.74, 6) is -1.82. The summed E-state index contributed by atoms with van der Waals surface area (Å²) in [6.45, 7) is 19.5. The molecule has 202 valence electrons. The number of nitrogens with zero attached hydrogens (tertiary/aromatic N) is 1. The lowest BCUT2D eigenvalue weighted by Gasteiger charge is -2.52. The molecule has 0 aromatic heterocycles. The van der Waals surface area contributed by atoms with Crippen LogP contribution in [0.15, 0.2) is 23.1 Å². The van der Waals surface area contributed by atoms with Gasteiger partial charge in [-0.25, -0.2) is 0 Å². The van der Waals surface area contributed by atoms with Crippen LogP contribution in [0, 0.1) is 11.8 Å². The monoisotopic (exact) mass is 575 g/mol. The maximum Gasteiger partial charge on any atom is 0.326 e. The molecule has 1 aliphatic rings. The summed E-state index contributed by atoms with van der Waals surface area (Å²) in [6, 6.07) is 4.46. The van der Waals surface area contributed by atoms with Crippen molar-refractivity contribution in [2.24, 2.45) is 11.8 Å². The quantitative estimate of drug-likeness (QED) is 0.146. The van der Waals surface area contributed by atoms with E-state index in [4.69, 9.17) is 32.4 Å². The van der Waals surface area contributed by atoms with Gasteiger partial charge in [-0.3, -0.25) is 14.4 Å². The van der Waals surface area contributed by atoms with Gasteiger partial charge in [-0.05, 0) is 64.0 Å². The Morgan fingerprint density at radius 2 is 1.69 bits per heavy atom. The molecule has 0 N–H and O–H groups in total. The Morgan fingerprint density at radius 3 is 2.19 bits per heavy atom. The molecule has 1 amide bonds. The predicted octanol–water partition coefficient (Wildman–Crippen LogP) is 6.83. The van der Waals surface area contributed by atoms with Crippen LogP contribution in [-0.4, -0.2) is 54.5 Å². The third kappa shape index (κ3) is 7.50. The number of benzene rings is 1. The van der Waals surface area contributed by atoms with Crippen LogP contribution in [0.2, 0.25) is 28.2 Å². The maximum absolute atomic E-state index is 13.3. The Kier molecular flexibility index (Phi) is 9.83. The standard InChI is InChI=1S/C26H39Cl2NO5SSi/c1-15(24(32)35-19-12-11-17(27)13-18(19)28)22-21(16(2)34-36(9,10)26(6,7)8)23(31)29(22)14-20(30)33-25(3,4)5/h11-13,15-16,21-22H,14H2,1-10H3/t15-,16-,21-,22-/m1/s1. The number of hydrogen-bond acceptors (Lipinski definition) is 6. The Balaban J connectivity index is 2.31. The van der Waals surface area contributed by atoms with Crippen LogP contribution >= 0.6 is 35.0 Å². The van der Waals surface area contributed by atoms with E-state index < -0.39 is 43.9 Å². The van der Waals surface area contributed by atoms with E-state index in [1.807, 2.05) is 6.92 Å². The maximum atomic E-state index is 13.3. The lowest BCUT2D eigenvalue weighted by Crippen LogP contribution is -2.69. The Hall–Kier alpha value is -1.06. The van der Waals surface area contributed by atoms with Crippen molar-refractivity contribution in [1.29, 1.82) is 0 Å². The molecule has 2 rings (SSSR count). The molecule has 6 nitrogen and oxygen atoms in total. The van der Waals surface area contributed by atoms with Gasteiger partial charge in [0.1, 0.15) is 12.1 Å². The molecule has 0 saturated carbocycles. The Bertz CT molecular complexity index is 1010. The largest absolute Gasteiger partial charge is 0.459 e. The van der Waals surface area contributed by atoms with Crippen LogP contribution in [0.1, 0.15) is 55.4 Å². The normalized spacial score (nSPS) is 20.6. The first-order valence-corrected chi connectivity index (χ1v) is 16.6. The molecule has 0 aliphatic carbocycles. The van der Waals surface area contributed by atoms with Gasteiger partial charge in [0.2, 0.25) is 5.91 Å². The van der Waals surface area contributed by atoms with Crippen LogP contribution in [0.4, 0.5) is 0 Å². The van der Waals surface area contributed by atoms with Crippen molar-refractivity contribution in [2.45, 2.75) is 96.2 Å². The second kappa shape index (κ2) is 11.4. The van der Waals surface area contributed by atoms with Crippen molar-refractivity contribution in [3.05, 3.63) is 28.2 Å². The summed E-state index contributed by atoms with van der Waals surface area (Å²) in [5, 5.41) is 0.669. The molecular weight excluding hydrogens is 537 g/mol. The number of esters is 1. The molecule has 1 saturated heterocycles. The molecule has 0 unspecified atom stereocenters. The van der Waals surface area contributed by atoms with Crippen molar-refractivity contribution in [2.75, 3.05) is 6.54 Å². The summed E-state index contributed by atoms with van der Waals surface area (Å²) in [4.78, 5) is 41.3. The van der Waals surface area contributed by atoms with Gasteiger partial charge >= 0.3 is 5.97 Å². The minimum Gasteiger partial charge on any atom is -0.459 e. The van der Waals surface area contributed by atoms with Crippen molar-refractivity contribution in [3.8, 4) is 0 Å². The molecular formula is C26H39Cl2NO5SSi. The van der Waals surface area contributed by atoms with Gasteiger partial charge in [-0.15, -0.1) is 0 Å². The van der Waals surface area contributed by atoms with Crippen molar-refractivity contribution < 1.29 is 23.5 Å². The number of halogens is 2. The number of carbonyl (C=O) groups excluding carboxylic acids is 3. The number of carbonyl (C=O) groups is 3. The Labute approximate surface area is 230 Å². The third-order valence-electron chi connectivity index (χ3n) is 6.80. The van der Waals surface area contributed by atoms with Crippen LogP contribution in [0.25, 0.3) is 0 Å². The zero-order valence-electron chi connectivity index (χ0n) is 22.9. The highest BCUT2D eigenvalue weighted by molar-refractivity contribution is 8.13. The number of β-lactam (4-membered cyclic amide) rings is 1. The Morgan fingerprint density at radius 1 is 1.11 bits per heavy atom. The average molecular weight is 577 g/mol. The minimum atomic E-state index is -2.18. The van der Waals surface area contributed by atoms with E-state index in [0.717, 1.165) is 11.8 Å². The SMILES string of the molecule is C[C@@H](O[Si](C)(C)C(C)(C)C)[C@H]1C(=O)N(CC(=O)OC(C)(C)C)[C@@H]1[C@@H](C)C(=O)Sc1ccc(Cl)cc1Cl. The van der Waals surface area contributed by atoms with Gasteiger partial charge < -0.3 is 14.1 Å². The molecule has 0 radical (unpaired) electrons. The summed E-state index contributed by atoms with van der Waals surface area (Å²) in [7, 11) is -2.18. The zero-order chi connectivity index (χ0) is 27.8. The fourth-order valence-electron chi connectivity index (χ4n) is 3.97. The smallest absolute Gasteiger partial charge is 0.326 e. The number of ether oxygens (including phenoxy) is 1. The average Bonchev–Trinajstić information content (AvgIpc) is 2.68. The van der Waals surface area contributed by atoms with Gasteiger partial charge in [0, 0.05) is 15.8 Å². The summed E-state index contributed by atoms with van der Waals surface area (Å²) >= 11 is 13.3. The molecule has 1 aromatic carbocycles. The number of likely N-dealkylation sites (tertiary alicyclic amines) is 1. The molecule has 1 heterocycles. The molecule has 4 atom stereocenters. The number of hydrogen-bond donors (Lipinski definition) is 0. The van der Waals surface area contributed by atoms with Gasteiger partial charge in [-0.2, -0.15) is 0 Å². The first-order chi connectivity index (χ1) is 16.2. The summed E-state index contributed by atoms with van der Waals surface area (Å²) in [5.41, 5.74) is -0.679. The lowest BCUT2D eigenvalue weighted by atomic mass is 9.77. The second-order valence-corrected chi connectivity index (χ2v) is 18.6. The van der Waals surface area contributed by atoms with Gasteiger partial charge in [0.25, 0.3) is 0 Å². The highest BCUT2D eigenvalue weighted by atomic mass is 35.5. The first kappa shape index (κ1) is 31.2. The van der Waals surface area contributed by atoms with Gasteiger partial charge in [0.15, 0.2) is 13.4 Å².